The van der Waals surface area contributed by atoms with Crippen molar-refractivity contribution in [3.8, 4) is 5.88 Å². The Morgan fingerprint density at radius 3 is 3.13 bits per heavy atom. The lowest BCUT2D eigenvalue weighted by atomic mass is 10.2. The molecule has 3 N–H and O–H groups in total. The SMILES string of the molecule is CNc1ccc2onc(OCCN)c2c1. The van der Waals surface area contributed by atoms with Crippen molar-refractivity contribution in [1.29, 1.82) is 0 Å². The molecule has 0 bridgehead atoms. The average molecular weight is 207 g/mol. The van der Waals surface area contributed by atoms with Crippen LogP contribution in [-0.4, -0.2) is 25.4 Å². The van der Waals surface area contributed by atoms with Gasteiger partial charge in [-0.25, -0.2) is 0 Å². The summed E-state index contributed by atoms with van der Waals surface area (Å²) in [6, 6.07) is 5.70. The zero-order valence-corrected chi connectivity index (χ0v) is 8.49. The van der Waals surface area contributed by atoms with Crippen molar-refractivity contribution in [2.24, 2.45) is 5.73 Å². The van der Waals surface area contributed by atoms with Crippen LogP contribution in [-0.2, 0) is 0 Å². The van der Waals surface area contributed by atoms with E-state index >= 15 is 0 Å². The van der Waals surface area contributed by atoms with Crippen molar-refractivity contribution < 1.29 is 9.26 Å². The minimum atomic E-state index is 0.436. The highest BCUT2D eigenvalue weighted by molar-refractivity contribution is 5.85. The van der Waals surface area contributed by atoms with Crippen molar-refractivity contribution in [3.63, 3.8) is 0 Å². The lowest BCUT2D eigenvalue weighted by Crippen LogP contribution is -2.10. The number of nitrogens with one attached hydrogen (secondary N) is 1. The van der Waals surface area contributed by atoms with Gasteiger partial charge in [0.15, 0.2) is 5.58 Å². The van der Waals surface area contributed by atoms with E-state index in [1.165, 1.54) is 0 Å². The van der Waals surface area contributed by atoms with Crippen molar-refractivity contribution in [2.75, 3.05) is 25.5 Å². The summed E-state index contributed by atoms with van der Waals surface area (Å²) in [5, 5.41) is 7.73. The van der Waals surface area contributed by atoms with Crippen LogP contribution in [0.5, 0.6) is 5.88 Å². The summed E-state index contributed by atoms with van der Waals surface area (Å²) in [5.74, 6) is 0.493. The first-order chi connectivity index (χ1) is 7.35. The monoisotopic (exact) mass is 207 g/mol. The molecule has 0 saturated carbocycles. The van der Waals surface area contributed by atoms with Crippen molar-refractivity contribution in [2.45, 2.75) is 0 Å². The molecular weight excluding hydrogens is 194 g/mol. The van der Waals surface area contributed by atoms with Gasteiger partial charge >= 0.3 is 0 Å². The zero-order valence-electron chi connectivity index (χ0n) is 8.49. The van der Waals surface area contributed by atoms with Gasteiger partial charge in [-0.2, -0.15) is 0 Å². The average Bonchev–Trinajstić information content (AvgIpc) is 2.68. The number of rotatable bonds is 4. The van der Waals surface area contributed by atoms with Crippen molar-refractivity contribution in [3.05, 3.63) is 18.2 Å². The molecule has 5 nitrogen and oxygen atoms in total. The van der Waals surface area contributed by atoms with Gasteiger partial charge in [0.25, 0.3) is 5.88 Å². The van der Waals surface area contributed by atoms with Gasteiger partial charge in [-0.1, -0.05) is 0 Å². The van der Waals surface area contributed by atoms with Crippen LogP contribution in [0.1, 0.15) is 0 Å². The predicted octanol–water partition coefficient (Wildman–Crippen LogP) is 1.21. The fraction of sp³-hybridized carbons (Fsp3) is 0.300. The molecule has 0 amide bonds. The Morgan fingerprint density at radius 2 is 2.40 bits per heavy atom. The third-order valence-corrected chi connectivity index (χ3v) is 2.08. The molecule has 0 aliphatic rings. The molecular formula is C10H13N3O2. The van der Waals surface area contributed by atoms with Crippen LogP contribution in [0.15, 0.2) is 22.7 Å². The molecule has 2 aromatic rings. The first-order valence-corrected chi connectivity index (χ1v) is 4.75. The number of nitrogens with two attached hydrogens (primary N) is 1. The number of benzene rings is 1. The molecule has 80 valence electrons. The molecule has 5 heteroatoms. The Hall–Kier alpha value is -1.75. The lowest BCUT2D eigenvalue weighted by Gasteiger charge is -2.00. The Bertz CT molecular complexity index is 453. The summed E-state index contributed by atoms with van der Waals surface area (Å²) in [7, 11) is 1.86. The highest BCUT2D eigenvalue weighted by Gasteiger charge is 2.09. The smallest absolute Gasteiger partial charge is 0.262 e. The molecule has 0 aliphatic heterocycles. The summed E-state index contributed by atoms with van der Waals surface area (Å²) in [6.07, 6.45) is 0. The van der Waals surface area contributed by atoms with Gasteiger partial charge in [-0.3, -0.25) is 0 Å². The fourth-order valence-corrected chi connectivity index (χ4v) is 1.33. The van der Waals surface area contributed by atoms with Gasteiger partial charge in [0.05, 0.1) is 5.39 Å². The number of ether oxygens (including phenoxy) is 1. The van der Waals surface area contributed by atoms with E-state index in [9.17, 15) is 0 Å². The van der Waals surface area contributed by atoms with Crippen molar-refractivity contribution >= 4 is 16.7 Å². The highest BCUT2D eigenvalue weighted by Crippen LogP contribution is 2.27. The molecule has 1 aromatic heterocycles. The second kappa shape index (κ2) is 4.18. The van der Waals surface area contributed by atoms with Crippen LogP contribution in [0, 0.1) is 0 Å². The first-order valence-electron chi connectivity index (χ1n) is 4.75. The molecule has 2 rings (SSSR count). The first kappa shape index (κ1) is 9.79. The maximum absolute atomic E-state index is 5.35. The maximum Gasteiger partial charge on any atom is 0.262 e. The van der Waals surface area contributed by atoms with Gasteiger partial charge in [0.2, 0.25) is 0 Å². The Kier molecular flexibility index (Phi) is 2.73. The highest BCUT2D eigenvalue weighted by atomic mass is 16.5. The third-order valence-electron chi connectivity index (χ3n) is 2.08. The van der Waals surface area contributed by atoms with Crippen LogP contribution in [0.25, 0.3) is 11.0 Å². The van der Waals surface area contributed by atoms with E-state index < -0.39 is 0 Å². The number of fused-ring (bicyclic) bond motifs is 1. The van der Waals surface area contributed by atoms with E-state index in [-0.39, 0.29) is 0 Å². The second-order valence-electron chi connectivity index (χ2n) is 3.09. The molecule has 1 aromatic carbocycles. The number of hydrogen-bond acceptors (Lipinski definition) is 5. The molecule has 0 unspecified atom stereocenters. The van der Waals surface area contributed by atoms with Gasteiger partial charge in [-0.15, -0.1) is 0 Å². The van der Waals surface area contributed by atoms with E-state index in [0.29, 0.717) is 24.6 Å². The normalized spacial score (nSPS) is 10.5. The molecule has 0 fully saturated rings. The predicted molar refractivity (Wildman–Crippen MR) is 58.1 cm³/mol. The Morgan fingerprint density at radius 1 is 1.53 bits per heavy atom. The van der Waals surface area contributed by atoms with Gasteiger partial charge in [-0.05, 0) is 23.4 Å². The summed E-state index contributed by atoms with van der Waals surface area (Å²) in [4.78, 5) is 0. The molecule has 0 radical (unpaired) electrons. The Labute approximate surface area is 87.2 Å². The van der Waals surface area contributed by atoms with Gasteiger partial charge in [0, 0.05) is 19.3 Å². The van der Waals surface area contributed by atoms with Gasteiger partial charge in [0.1, 0.15) is 6.61 Å². The topological polar surface area (TPSA) is 73.3 Å². The quantitative estimate of drug-likeness (QED) is 0.788. The minimum Gasteiger partial charge on any atom is -0.474 e. The minimum absolute atomic E-state index is 0.436. The number of anilines is 1. The standard InChI is InChI=1S/C10H13N3O2/c1-12-7-2-3-9-8(6-7)10(13-15-9)14-5-4-11/h2-3,6,12H,4-5,11H2,1H3. The van der Waals surface area contributed by atoms with E-state index in [1.807, 2.05) is 25.2 Å². The van der Waals surface area contributed by atoms with E-state index in [0.717, 1.165) is 11.1 Å². The van der Waals surface area contributed by atoms with Crippen LogP contribution < -0.4 is 15.8 Å². The lowest BCUT2D eigenvalue weighted by molar-refractivity contribution is 0.293. The van der Waals surface area contributed by atoms with Gasteiger partial charge < -0.3 is 20.3 Å². The second-order valence-corrected chi connectivity index (χ2v) is 3.09. The number of nitrogens with zero attached hydrogens (tertiary/aromatic N) is 1. The fourth-order valence-electron chi connectivity index (χ4n) is 1.33. The number of aromatic nitrogens is 1. The maximum atomic E-state index is 5.35. The van der Waals surface area contributed by atoms with Crippen LogP contribution in [0.4, 0.5) is 5.69 Å². The summed E-state index contributed by atoms with van der Waals surface area (Å²) >= 11 is 0. The van der Waals surface area contributed by atoms with Crippen LogP contribution >= 0.6 is 0 Å². The van der Waals surface area contributed by atoms with E-state index in [4.69, 9.17) is 15.0 Å². The molecule has 0 aliphatic carbocycles. The third kappa shape index (κ3) is 1.87. The Balaban J connectivity index is 2.38. The molecule has 0 saturated heterocycles. The summed E-state index contributed by atoms with van der Waals surface area (Å²) in [5.41, 5.74) is 7.05. The zero-order chi connectivity index (χ0) is 10.7. The molecule has 1 heterocycles. The largest absolute Gasteiger partial charge is 0.474 e. The van der Waals surface area contributed by atoms with Crippen LogP contribution in [0.2, 0.25) is 0 Å². The van der Waals surface area contributed by atoms with Crippen LogP contribution in [0.3, 0.4) is 0 Å². The molecule has 15 heavy (non-hydrogen) atoms. The van der Waals surface area contributed by atoms with E-state index in [1.54, 1.807) is 0 Å². The molecule has 0 atom stereocenters. The number of hydrogen-bond donors (Lipinski definition) is 2. The summed E-state index contributed by atoms with van der Waals surface area (Å²) < 4.78 is 10.5. The molecule has 0 spiro atoms. The van der Waals surface area contributed by atoms with Crippen molar-refractivity contribution in [1.82, 2.24) is 5.16 Å². The summed E-state index contributed by atoms with van der Waals surface area (Å²) in [6.45, 7) is 0.894. The van der Waals surface area contributed by atoms with E-state index in [2.05, 4.69) is 10.5 Å².